The first-order valence-corrected chi connectivity index (χ1v) is 3.53. The Hall–Kier alpha value is -1.52. The van der Waals surface area contributed by atoms with Gasteiger partial charge in [-0.15, -0.1) is 0 Å². The van der Waals surface area contributed by atoms with Crippen LogP contribution in [-0.4, -0.2) is 15.7 Å². The largest absolute Gasteiger partial charge is 0.278 e. The highest BCUT2D eigenvalue weighted by Gasteiger charge is 2.30. The Balaban J connectivity index is 3.03. The minimum absolute atomic E-state index is 0.00731. The van der Waals surface area contributed by atoms with E-state index in [1.807, 2.05) is 0 Å². The summed E-state index contributed by atoms with van der Waals surface area (Å²) >= 11 is 0. The summed E-state index contributed by atoms with van der Waals surface area (Å²) in [6.07, 6.45) is 2.60. The second-order valence-electron chi connectivity index (χ2n) is 2.70. The van der Waals surface area contributed by atoms with Crippen LogP contribution in [0.2, 0.25) is 0 Å². The first-order valence-electron chi connectivity index (χ1n) is 3.53. The van der Waals surface area contributed by atoms with Crippen LogP contribution in [0.1, 0.15) is 13.8 Å². The zero-order chi connectivity index (χ0) is 9.30. The van der Waals surface area contributed by atoms with Crippen molar-refractivity contribution in [1.29, 1.82) is 0 Å². The quantitative estimate of drug-likeness (QED) is 0.337. The second kappa shape index (κ2) is 2.84. The van der Waals surface area contributed by atoms with Crippen molar-refractivity contribution in [3.63, 3.8) is 0 Å². The van der Waals surface area contributed by atoms with Gasteiger partial charge in [-0.1, -0.05) is 0 Å². The molecule has 1 heterocycles. The number of nitro groups is 1. The molecule has 0 aromatic heterocycles. The van der Waals surface area contributed by atoms with Gasteiger partial charge in [-0.25, -0.2) is 0 Å². The number of rotatable bonds is 1. The van der Waals surface area contributed by atoms with Crippen molar-refractivity contribution in [2.45, 2.75) is 19.9 Å². The van der Waals surface area contributed by atoms with Gasteiger partial charge in [0.15, 0.2) is 0 Å². The van der Waals surface area contributed by atoms with E-state index in [1.165, 1.54) is 12.2 Å². The molecule has 0 amide bonds. The van der Waals surface area contributed by atoms with E-state index in [0.717, 1.165) is 4.76 Å². The molecule has 0 saturated heterocycles. The molecule has 0 spiro atoms. The molecule has 0 saturated carbocycles. The van der Waals surface area contributed by atoms with E-state index in [-0.39, 0.29) is 5.70 Å². The van der Waals surface area contributed by atoms with E-state index < -0.39 is 11.0 Å². The van der Waals surface area contributed by atoms with Crippen LogP contribution >= 0.6 is 0 Å². The van der Waals surface area contributed by atoms with Gasteiger partial charge in [-0.3, -0.25) is 10.1 Å². The summed E-state index contributed by atoms with van der Waals surface area (Å²) in [4.78, 5) is 20.9. The summed E-state index contributed by atoms with van der Waals surface area (Å²) in [7, 11) is 0. The fourth-order valence-corrected chi connectivity index (χ4v) is 1.08. The third kappa shape index (κ3) is 1.39. The zero-order valence-corrected chi connectivity index (χ0v) is 6.85. The molecule has 1 aliphatic heterocycles. The smallest absolute Gasteiger partial charge is 0.258 e. The Bertz CT molecular complexity index is 304. The lowest BCUT2D eigenvalue weighted by Gasteiger charge is -2.02. The van der Waals surface area contributed by atoms with Crippen LogP contribution in [0.3, 0.4) is 0 Å². The Kier molecular flexibility index (Phi) is 2.03. The topological polar surface area (TPSA) is 63.2 Å². The highest BCUT2D eigenvalue weighted by atomic mass is 16.6. The summed E-state index contributed by atoms with van der Waals surface area (Å²) in [6.45, 7) is 3.17. The number of nitrogens with zero attached hydrogens (tertiary/aromatic N) is 2. The Morgan fingerprint density at radius 3 is 2.67 bits per heavy atom. The molecule has 0 aliphatic carbocycles. The lowest BCUT2D eigenvalue weighted by atomic mass is 10.2. The maximum Gasteiger partial charge on any atom is 0.278 e. The lowest BCUT2D eigenvalue weighted by Crippen LogP contribution is -2.22. The summed E-state index contributed by atoms with van der Waals surface area (Å²) in [5.74, 6) is 0. The summed E-state index contributed by atoms with van der Waals surface area (Å²) in [5.41, 5.74) is 0.365. The molecule has 1 atom stereocenters. The van der Waals surface area contributed by atoms with Crippen LogP contribution in [0.4, 0.5) is 0 Å². The number of allylic oxidation sites excluding steroid dienone is 2. The summed E-state index contributed by atoms with van der Waals surface area (Å²) in [6, 6.07) is -0.449. The van der Waals surface area contributed by atoms with Crippen molar-refractivity contribution in [2.75, 3.05) is 0 Å². The van der Waals surface area contributed by atoms with Crippen molar-refractivity contribution in [3.8, 4) is 0 Å². The van der Waals surface area contributed by atoms with Crippen molar-refractivity contribution >= 4 is 0 Å². The predicted molar refractivity (Wildman–Crippen MR) is 41.9 cm³/mol. The molecule has 5 heteroatoms. The van der Waals surface area contributed by atoms with Gasteiger partial charge in [0.2, 0.25) is 11.7 Å². The van der Waals surface area contributed by atoms with Gasteiger partial charge in [-0.2, -0.15) is 0 Å². The van der Waals surface area contributed by atoms with Gasteiger partial charge in [0.05, 0.1) is 17.1 Å². The normalized spacial score (nSPS) is 23.2. The van der Waals surface area contributed by atoms with E-state index in [4.69, 9.17) is 0 Å². The molecule has 0 radical (unpaired) electrons. The van der Waals surface area contributed by atoms with E-state index in [1.54, 1.807) is 13.8 Å². The Labute approximate surface area is 69.1 Å². The van der Waals surface area contributed by atoms with Gasteiger partial charge < -0.3 is 0 Å². The molecule has 0 N–H and O–H groups in total. The Morgan fingerprint density at radius 2 is 2.25 bits per heavy atom. The first kappa shape index (κ1) is 8.58. The van der Waals surface area contributed by atoms with Crippen molar-refractivity contribution in [3.05, 3.63) is 38.6 Å². The standard InChI is InChI=1S/C7H9N2O3/c1-5-3-7(9(11)12)4-6(2)8(5)10/h3-5H,1-2H3/q+1. The predicted octanol–water partition coefficient (Wildman–Crippen LogP) is 1.23. The minimum Gasteiger partial charge on any atom is -0.258 e. The molecule has 5 nitrogen and oxygen atoms in total. The van der Waals surface area contributed by atoms with Crippen LogP contribution in [0.15, 0.2) is 23.5 Å². The van der Waals surface area contributed by atoms with E-state index in [2.05, 4.69) is 0 Å². The molecule has 0 aromatic rings. The monoisotopic (exact) mass is 169 g/mol. The maximum absolute atomic E-state index is 11.1. The molecule has 0 fully saturated rings. The van der Waals surface area contributed by atoms with Crippen LogP contribution < -0.4 is 0 Å². The van der Waals surface area contributed by atoms with Gasteiger partial charge in [0.25, 0.3) is 5.70 Å². The average Bonchev–Trinajstić information content (AvgIpc) is 1.99. The fourth-order valence-electron chi connectivity index (χ4n) is 1.08. The van der Waals surface area contributed by atoms with Crippen LogP contribution in [-0.2, 0) is 0 Å². The summed E-state index contributed by atoms with van der Waals surface area (Å²) in [5, 5.41) is 10.3. The second-order valence-corrected chi connectivity index (χ2v) is 2.70. The molecule has 0 bridgehead atoms. The third-order valence-electron chi connectivity index (χ3n) is 1.70. The molecular weight excluding hydrogens is 160 g/mol. The molecule has 1 unspecified atom stereocenters. The van der Waals surface area contributed by atoms with Crippen molar-refractivity contribution in [1.82, 2.24) is 0 Å². The SMILES string of the molecule is CC1=CC([N+](=O)[O-])=CC(C)[N+]1=O. The Morgan fingerprint density at radius 1 is 1.67 bits per heavy atom. The van der Waals surface area contributed by atoms with Gasteiger partial charge in [0, 0.05) is 23.5 Å². The van der Waals surface area contributed by atoms with Gasteiger partial charge in [-0.05, 0) is 0 Å². The lowest BCUT2D eigenvalue weighted by molar-refractivity contribution is -0.529. The van der Waals surface area contributed by atoms with Crippen LogP contribution in [0.5, 0.6) is 0 Å². The molecule has 12 heavy (non-hydrogen) atoms. The molecule has 64 valence electrons. The van der Waals surface area contributed by atoms with E-state index in [0.29, 0.717) is 5.70 Å². The minimum atomic E-state index is -0.493. The van der Waals surface area contributed by atoms with Gasteiger partial charge in [0.1, 0.15) is 0 Å². The van der Waals surface area contributed by atoms with Crippen molar-refractivity contribution < 1.29 is 9.68 Å². The summed E-state index contributed by atoms with van der Waals surface area (Å²) < 4.78 is 0.743. The first-order chi connectivity index (χ1) is 5.52. The van der Waals surface area contributed by atoms with E-state index in [9.17, 15) is 15.0 Å². The van der Waals surface area contributed by atoms with E-state index >= 15 is 0 Å². The van der Waals surface area contributed by atoms with Gasteiger partial charge >= 0.3 is 0 Å². The maximum atomic E-state index is 11.1. The fraction of sp³-hybridized carbons (Fsp3) is 0.429. The highest BCUT2D eigenvalue weighted by Crippen LogP contribution is 2.14. The molecule has 0 aromatic carbocycles. The molecular formula is C7H9N2O3+. The molecule has 1 rings (SSSR count). The number of nitroso groups, excluding NO2 is 1. The third-order valence-corrected chi connectivity index (χ3v) is 1.70. The van der Waals surface area contributed by atoms with Crippen LogP contribution in [0.25, 0.3) is 0 Å². The molecule has 1 aliphatic rings. The highest BCUT2D eigenvalue weighted by molar-refractivity contribution is 5.17. The number of hydrogen-bond donors (Lipinski definition) is 0. The number of hydrogen-bond acceptors (Lipinski definition) is 3. The average molecular weight is 169 g/mol. The van der Waals surface area contributed by atoms with Crippen LogP contribution in [0, 0.1) is 15.0 Å². The zero-order valence-electron chi connectivity index (χ0n) is 6.85. The van der Waals surface area contributed by atoms with Crippen molar-refractivity contribution in [2.24, 2.45) is 0 Å².